The zero-order valence-electron chi connectivity index (χ0n) is 23.2. The maximum atomic E-state index is 14.2. The van der Waals surface area contributed by atoms with Crippen LogP contribution in [0.25, 0.3) is 33.0 Å². The molecule has 2 aromatic heterocycles. The molecular weight excluding hydrogens is 599 g/mol. The Morgan fingerprint density at radius 3 is 1.20 bits per heavy atom. The minimum Gasteiger partial charge on any atom is -0.277 e. The number of fused-ring (bicyclic) bond motifs is 2. The third-order valence-electron chi connectivity index (χ3n) is 7.70. The summed E-state index contributed by atoms with van der Waals surface area (Å²) in [5, 5.41) is 1.03. The number of nitrogens with zero attached hydrogens (tertiary/aromatic N) is 3. The normalized spacial score (nSPS) is 14.3. The average molecular weight is 622 g/mol. The minimum atomic E-state index is -4.29. The molecule has 0 saturated carbocycles. The number of hydrogen-bond acceptors (Lipinski definition) is 6. The molecule has 9 nitrogen and oxygen atoms in total. The van der Waals surface area contributed by atoms with Crippen LogP contribution in [0.3, 0.4) is 0 Å². The van der Waals surface area contributed by atoms with Crippen molar-refractivity contribution in [3.05, 3.63) is 133 Å². The molecule has 1 aliphatic heterocycles. The molecule has 6 aromatic rings. The lowest BCUT2D eigenvalue weighted by Gasteiger charge is -2.14. The van der Waals surface area contributed by atoms with Gasteiger partial charge in [0.25, 0.3) is 31.9 Å². The molecule has 0 radical (unpaired) electrons. The van der Waals surface area contributed by atoms with Crippen LogP contribution in [0.4, 0.5) is 0 Å². The first kappa shape index (κ1) is 27.6. The largest absolute Gasteiger partial charge is 0.277 e. The number of hydrogen-bond donors (Lipinski definition) is 0. The molecule has 11 heteroatoms. The van der Waals surface area contributed by atoms with Crippen LogP contribution in [0.2, 0.25) is 0 Å². The van der Waals surface area contributed by atoms with Gasteiger partial charge in [0, 0.05) is 17.8 Å². The summed E-state index contributed by atoms with van der Waals surface area (Å²) >= 11 is 0. The van der Waals surface area contributed by atoms with Gasteiger partial charge in [-0.05, 0) is 48.5 Å². The van der Waals surface area contributed by atoms with Crippen molar-refractivity contribution in [3.63, 3.8) is 0 Å². The summed E-state index contributed by atoms with van der Waals surface area (Å²) in [5.74, 6) is -1.52. The molecule has 44 heavy (non-hydrogen) atoms. The number of imide groups is 1. The molecule has 0 saturated heterocycles. The van der Waals surface area contributed by atoms with Crippen LogP contribution in [0.15, 0.2) is 131 Å². The fourth-order valence-electron chi connectivity index (χ4n) is 5.64. The van der Waals surface area contributed by atoms with E-state index in [1.165, 1.54) is 43.4 Å². The molecule has 4 aromatic carbocycles. The molecule has 0 unspecified atom stereocenters. The Hall–Kier alpha value is -5.26. The molecule has 0 atom stereocenters. The van der Waals surface area contributed by atoms with Gasteiger partial charge in [-0.2, -0.15) is 0 Å². The first-order valence-electron chi connectivity index (χ1n) is 13.5. The monoisotopic (exact) mass is 621 g/mol. The third kappa shape index (κ3) is 3.97. The van der Waals surface area contributed by atoms with E-state index in [1.807, 2.05) is 0 Å². The lowest BCUT2D eigenvalue weighted by molar-refractivity contribution is -0.134. The Morgan fingerprint density at radius 2 is 0.818 bits per heavy atom. The summed E-state index contributed by atoms with van der Waals surface area (Å²) in [6.45, 7) is 0. The smallest absolute Gasteiger partial charge is 0.268 e. The van der Waals surface area contributed by atoms with E-state index < -0.39 is 31.9 Å². The van der Waals surface area contributed by atoms with Gasteiger partial charge in [0.2, 0.25) is 0 Å². The zero-order valence-corrected chi connectivity index (χ0v) is 24.8. The van der Waals surface area contributed by atoms with Crippen LogP contribution in [0.5, 0.6) is 0 Å². The van der Waals surface area contributed by atoms with Gasteiger partial charge in [0.1, 0.15) is 0 Å². The lowest BCUT2D eigenvalue weighted by Crippen LogP contribution is -2.27. The van der Waals surface area contributed by atoms with Crippen molar-refractivity contribution in [2.24, 2.45) is 0 Å². The number of aromatic nitrogens is 2. The van der Waals surface area contributed by atoms with Gasteiger partial charge in [-0.15, -0.1) is 0 Å². The lowest BCUT2D eigenvalue weighted by atomic mass is 10.0. The van der Waals surface area contributed by atoms with Gasteiger partial charge in [0.05, 0.1) is 43.4 Å². The summed E-state index contributed by atoms with van der Waals surface area (Å²) in [4.78, 5) is 28.7. The van der Waals surface area contributed by atoms with E-state index >= 15 is 0 Å². The van der Waals surface area contributed by atoms with Crippen LogP contribution in [-0.2, 0) is 29.6 Å². The summed E-state index contributed by atoms with van der Waals surface area (Å²) in [6, 6.07) is 32.1. The number of carbonyl (C=O) groups excluding carboxylic acids is 2. The van der Waals surface area contributed by atoms with Crippen LogP contribution in [0, 0.1) is 0 Å². The standard InChI is InChI=1S/C33H23N3O6S2/c1-34-32(37)30(28-20-22-12-8-10-18-26(22)35(28)43(39,40)24-14-4-2-5-15-24)31(33(34)38)29-21-23-13-9-11-19-27(23)36(29)44(41,42)25-16-6-3-7-17-25/h2-21H,1H3. The Balaban J connectivity index is 1.61. The Bertz CT molecular complexity index is 2240. The van der Waals surface area contributed by atoms with Gasteiger partial charge >= 0.3 is 0 Å². The Labute approximate surface area is 253 Å². The van der Waals surface area contributed by atoms with Crippen LogP contribution < -0.4 is 0 Å². The average Bonchev–Trinajstić information content (AvgIpc) is 3.68. The number of benzene rings is 4. The highest BCUT2D eigenvalue weighted by molar-refractivity contribution is 7.90. The second kappa shape index (κ2) is 9.90. The van der Waals surface area contributed by atoms with Crippen molar-refractivity contribution in [1.29, 1.82) is 0 Å². The molecule has 0 N–H and O–H groups in total. The molecule has 3 heterocycles. The van der Waals surface area contributed by atoms with Gasteiger partial charge in [-0.25, -0.2) is 24.8 Å². The van der Waals surface area contributed by atoms with Crippen molar-refractivity contribution in [3.8, 4) is 0 Å². The molecule has 1 aliphatic rings. The van der Waals surface area contributed by atoms with E-state index in [-0.39, 0.29) is 32.3 Å². The number of rotatable bonds is 6. The number of likely N-dealkylation sites (N-methyl/N-ethyl adjacent to an activating group) is 1. The highest BCUT2D eigenvalue weighted by Crippen LogP contribution is 2.41. The van der Waals surface area contributed by atoms with Gasteiger partial charge in [-0.1, -0.05) is 72.8 Å². The van der Waals surface area contributed by atoms with E-state index in [9.17, 15) is 26.4 Å². The first-order valence-corrected chi connectivity index (χ1v) is 16.4. The quantitative estimate of drug-likeness (QED) is 0.242. The van der Waals surface area contributed by atoms with Gasteiger partial charge in [-0.3, -0.25) is 14.5 Å². The Kier molecular flexibility index (Phi) is 6.20. The number of carbonyl (C=O) groups is 2. The van der Waals surface area contributed by atoms with E-state index in [0.29, 0.717) is 21.8 Å². The van der Waals surface area contributed by atoms with E-state index in [1.54, 1.807) is 84.9 Å². The van der Waals surface area contributed by atoms with Gasteiger partial charge < -0.3 is 0 Å². The molecule has 0 aliphatic carbocycles. The van der Waals surface area contributed by atoms with Crippen molar-refractivity contribution in [1.82, 2.24) is 12.8 Å². The fraction of sp³-hybridized carbons (Fsp3) is 0.0303. The van der Waals surface area contributed by atoms with Crippen molar-refractivity contribution in [2.45, 2.75) is 9.79 Å². The van der Waals surface area contributed by atoms with Crippen LogP contribution in [-0.4, -0.2) is 48.5 Å². The van der Waals surface area contributed by atoms with Gasteiger partial charge in [0.15, 0.2) is 0 Å². The molecular formula is C33H23N3O6S2. The molecule has 0 spiro atoms. The van der Waals surface area contributed by atoms with E-state index in [4.69, 9.17) is 0 Å². The zero-order chi connectivity index (χ0) is 30.8. The predicted molar refractivity (Wildman–Crippen MR) is 167 cm³/mol. The molecule has 2 amide bonds. The van der Waals surface area contributed by atoms with Crippen LogP contribution >= 0.6 is 0 Å². The highest BCUT2D eigenvalue weighted by Gasteiger charge is 2.43. The predicted octanol–water partition coefficient (Wildman–Crippen LogP) is 4.98. The van der Waals surface area contributed by atoms with Crippen molar-refractivity contribution in [2.75, 3.05) is 7.05 Å². The second-order valence-corrected chi connectivity index (χ2v) is 13.8. The fourth-order valence-corrected chi connectivity index (χ4v) is 8.72. The maximum absolute atomic E-state index is 14.2. The maximum Gasteiger partial charge on any atom is 0.268 e. The molecule has 218 valence electrons. The SMILES string of the molecule is CN1C(=O)C(c2cc3ccccc3n2S(=O)(=O)c2ccccc2)=C(c2cc3ccccc3n2S(=O)(=O)c2ccccc2)C1=O. The Morgan fingerprint density at radius 1 is 0.477 bits per heavy atom. The van der Waals surface area contributed by atoms with E-state index in [2.05, 4.69) is 0 Å². The summed E-state index contributed by atoms with van der Waals surface area (Å²) in [6.07, 6.45) is 0. The minimum absolute atomic E-state index is 0.0179. The van der Waals surface area contributed by atoms with Crippen molar-refractivity contribution < 1.29 is 26.4 Å². The summed E-state index contributed by atoms with van der Waals surface area (Å²) < 4.78 is 58.8. The van der Waals surface area contributed by atoms with Crippen molar-refractivity contribution >= 4 is 64.8 Å². The summed E-state index contributed by atoms with van der Waals surface area (Å²) in [5.41, 5.74) is 0.0419. The molecule has 0 fully saturated rings. The first-order chi connectivity index (χ1) is 21.1. The number of amides is 2. The molecule has 7 rings (SSSR count). The third-order valence-corrected chi connectivity index (χ3v) is 11.2. The van der Waals surface area contributed by atoms with E-state index in [0.717, 1.165) is 12.8 Å². The second-order valence-electron chi connectivity index (χ2n) is 10.3. The highest BCUT2D eigenvalue weighted by atomic mass is 32.2. The summed E-state index contributed by atoms with van der Waals surface area (Å²) in [7, 11) is -7.28. The topological polar surface area (TPSA) is 116 Å². The number of para-hydroxylation sites is 2. The molecule has 0 bridgehead atoms. The van der Waals surface area contributed by atoms with Crippen LogP contribution in [0.1, 0.15) is 11.4 Å².